The third kappa shape index (κ3) is 3.51. The summed E-state index contributed by atoms with van der Waals surface area (Å²) >= 11 is 11.9. The predicted octanol–water partition coefficient (Wildman–Crippen LogP) is 3.94. The number of nitrogens with one attached hydrogen (secondary N) is 1. The van der Waals surface area contributed by atoms with Gasteiger partial charge in [-0.05, 0) is 30.7 Å². The van der Waals surface area contributed by atoms with E-state index in [9.17, 15) is 4.79 Å². The molecule has 0 aliphatic rings. The second-order valence-corrected chi connectivity index (χ2v) is 5.35. The molecule has 0 fully saturated rings. The lowest BCUT2D eigenvalue weighted by molar-refractivity contribution is -0.117. The number of anilines is 1. The number of hydrogen-bond acceptors (Lipinski definition) is 2. The van der Waals surface area contributed by atoms with Crippen LogP contribution in [0.2, 0.25) is 10.0 Å². The highest BCUT2D eigenvalue weighted by Crippen LogP contribution is 2.26. The zero-order chi connectivity index (χ0) is 14.7. The quantitative estimate of drug-likeness (QED) is 0.902. The molecule has 20 heavy (non-hydrogen) atoms. The van der Waals surface area contributed by atoms with Gasteiger partial charge in [-0.3, -0.25) is 4.79 Å². The van der Waals surface area contributed by atoms with Crippen LogP contribution < -0.4 is 11.1 Å². The number of aryl methyl sites for hydroxylation is 1. The van der Waals surface area contributed by atoms with Gasteiger partial charge < -0.3 is 11.1 Å². The van der Waals surface area contributed by atoms with Crippen molar-refractivity contribution >= 4 is 34.8 Å². The Morgan fingerprint density at radius 3 is 2.45 bits per heavy atom. The Morgan fingerprint density at radius 2 is 1.80 bits per heavy atom. The number of benzene rings is 2. The normalized spacial score (nSPS) is 12.0. The molecular formula is C15H14Cl2N2O. The molecule has 0 bridgehead atoms. The van der Waals surface area contributed by atoms with Gasteiger partial charge in [-0.15, -0.1) is 0 Å². The van der Waals surface area contributed by atoms with E-state index in [1.165, 1.54) is 0 Å². The highest BCUT2D eigenvalue weighted by atomic mass is 35.5. The number of halogens is 2. The Labute approximate surface area is 127 Å². The first kappa shape index (κ1) is 14.9. The molecule has 0 saturated carbocycles. The Hall–Kier alpha value is -1.55. The van der Waals surface area contributed by atoms with Gasteiger partial charge in [0.05, 0.1) is 10.7 Å². The average Bonchev–Trinajstić information content (AvgIpc) is 2.43. The minimum Gasteiger partial charge on any atom is -0.323 e. The molecule has 0 spiro atoms. The molecule has 0 radical (unpaired) electrons. The van der Waals surface area contributed by atoms with Gasteiger partial charge in [0.2, 0.25) is 5.91 Å². The largest absolute Gasteiger partial charge is 0.323 e. The van der Waals surface area contributed by atoms with Crippen LogP contribution in [0.25, 0.3) is 0 Å². The summed E-state index contributed by atoms with van der Waals surface area (Å²) in [6.45, 7) is 1.97. The maximum absolute atomic E-state index is 12.1. The van der Waals surface area contributed by atoms with E-state index in [-0.39, 0.29) is 5.91 Å². The van der Waals surface area contributed by atoms with Crippen LogP contribution in [0.4, 0.5) is 5.69 Å². The molecule has 1 amide bonds. The second-order valence-electron chi connectivity index (χ2n) is 4.50. The van der Waals surface area contributed by atoms with Gasteiger partial charge in [-0.2, -0.15) is 0 Å². The average molecular weight is 309 g/mol. The summed E-state index contributed by atoms with van der Waals surface area (Å²) in [5.41, 5.74) is 8.24. The Morgan fingerprint density at radius 1 is 1.15 bits per heavy atom. The van der Waals surface area contributed by atoms with Crippen LogP contribution in [0.15, 0.2) is 42.5 Å². The maximum atomic E-state index is 12.1. The number of carbonyl (C=O) groups excluding carboxylic acids is 1. The summed E-state index contributed by atoms with van der Waals surface area (Å²) in [6, 6.07) is 11.6. The van der Waals surface area contributed by atoms with E-state index in [4.69, 9.17) is 28.9 Å². The highest BCUT2D eigenvalue weighted by molar-refractivity contribution is 6.35. The molecule has 3 N–H and O–H groups in total. The number of hydrogen-bond donors (Lipinski definition) is 2. The first-order valence-electron chi connectivity index (χ1n) is 6.05. The molecule has 0 saturated heterocycles. The summed E-state index contributed by atoms with van der Waals surface area (Å²) in [7, 11) is 0. The minimum absolute atomic E-state index is 0.335. The van der Waals surface area contributed by atoms with Gasteiger partial charge in [0.25, 0.3) is 0 Å². The van der Waals surface area contributed by atoms with E-state index >= 15 is 0 Å². The van der Waals surface area contributed by atoms with Crippen molar-refractivity contribution in [2.45, 2.75) is 13.0 Å². The van der Waals surface area contributed by atoms with E-state index in [0.29, 0.717) is 15.7 Å². The van der Waals surface area contributed by atoms with Gasteiger partial charge in [0.1, 0.15) is 6.04 Å². The summed E-state index contributed by atoms with van der Waals surface area (Å²) < 4.78 is 0. The van der Waals surface area contributed by atoms with Crippen molar-refractivity contribution in [1.29, 1.82) is 0 Å². The van der Waals surface area contributed by atoms with Crippen molar-refractivity contribution in [2.24, 2.45) is 5.73 Å². The van der Waals surface area contributed by atoms with E-state index in [1.807, 2.05) is 31.2 Å². The van der Waals surface area contributed by atoms with Gasteiger partial charge in [0.15, 0.2) is 0 Å². The number of nitrogens with two attached hydrogens (primary N) is 1. The van der Waals surface area contributed by atoms with Crippen molar-refractivity contribution in [3.63, 3.8) is 0 Å². The highest BCUT2D eigenvalue weighted by Gasteiger charge is 2.16. The molecule has 0 aromatic heterocycles. The zero-order valence-corrected chi connectivity index (χ0v) is 12.4. The molecule has 0 aliphatic heterocycles. The Kier molecular flexibility index (Phi) is 4.65. The first-order valence-corrected chi connectivity index (χ1v) is 6.81. The fraction of sp³-hybridized carbons (Fsp3) is 0.133. The summed E-state index contributed by atoms with van der Waals surface area (Å²) in [4.78, 5) is 12.1. The van der Waals surface area contributed by atoms with Crippen LogP contribution in [-0.4, -0.2) is 5.91 Å². The number of carbonyl (C=O) groups is 1. The van der Waals surface area contributed by atoms with Crippen LogP contribution >= 0.6 is 23.2 Å². The summed E-state index contributed by atoms with van der Waals surface area (Å²) in [5, 5.41) is 3.59. The third-order valence-corrected chi connectivity index (χ3v) is 3.47. The Balaban J connectivity index is 2.15. The smallest absolute Gasteiger partial charge is 0.245 e. The topological polar surface area (TPSA) is 55.1 Å². The van der Waals surface area contributed by atoms with Crippen LogP contribution in [0.5, 0.6) is 0 Å². The van der Waals surface area contributed by atoms with E-state index in [2.05, 4.69) is 5.32 Å². The molecule has 2 aromatic carbocycles. The fourth-order valence-corrected chi connectivity index (χ4v) is 2.07. The summed E-state index contributed by atoms with van der Waals surface area (Å²) in [5.74, 6) is -0.335. The van der Waals surface area contributed by atoms with Gasteiger partial charge in [-0.1, -0.05) is 53.0 Å². The lowest BCUT2D eigenvalue weighted by Crippen LogP contribution is -2.27. The van der Waals surface area contributed by atoms with Crippen molar-refractivity contribution in [2.75, 3.05) is 5.32 Å². The molecule has 1 atom stereocenters. The lowest BCUT2D eigenvalue weighted by Gasteiger charge is -2.14. The van der Waals surface area contributed by atoms with Crippen molar-refractivity contribution in [3.05, 3.63) is 63.6 Å². The third-order valence-electron chi connectivity index (χ3n) is 2.91. The van der Waals surface area contributed by atoms with Crippen LogP contribution in [0, 0.1) is 6.92 Å². The monoisotopic (exact) mass is 308 g/mol. The summed E-state index contributed by atoms with van der Waals surface area (Å²) in [6.07, 6.45) is 0. The second kappa shape index (κ2) is 6.27. The SMILES string of the molecule is Cc1ccc(C(N)C(=O)Nc2cc(Cl)ccc2Cl)cc1. The van der Waals surface area contributed by atoms with Crippen LogP contribution in [0.1, 0.15) is 17.2 Å². The molecule has 2 rings (SSSR count). The molecular weight excluding hydrogens is 295 g/mol. The van der Waals surface area contributed by atoms with Crippen molar-refractivity contribution in [1.82, 2.24) is 0 Å². The van der Waals surface area contributed by atoms with Crippen molar-refractivity contribution in [3.8, 4) is 0 Å². The molecule has 5 heteroatoms. The Bertz CT molecular complexity index is 626. The fourth-order valence-electron chi connectivity index (χ4n) is 1.73. The van der Waals surface area contributed by atoms with E-state index < -0.39 is 6.04 Å². The molecule has 2 aromatic rings. The zero-order valence-electron chi connectivity index (χ0n) is 10.9. The molecule has 1 unspecified atom stereocenters. The predicted molar refractivity (Wildman–Crippen MR) is 83.2 cm³/mol. The van der Waals surface area contributed by atoms with Crippen LogP contribution in [-0.2, 0) is 4.79 Å². The molecule has 104 valence electrons. The van der Waals surface area contributed by atoms with E-state index in [0.717, 1.165) is 11.1 Å². The lowest BCUT2D eigenvalue weighted by atomic mass is 10.1. The number of rotatable bonds is 3. The first-order chi connectivity index (χ1) is 9.47. The van der Waals surface area contributed by atoms with Gasteiger partial charge >= 0.3 is 0 Å². The van der Waals surface area contributed by atoms with Gasteiger partial charge in [-0.25, -0.2) is 0 Å². The molecule has 3 nitrogen and oxygen atoms in total. The van der Waals surface area contributed by atoms with E-state index in [1.54, 1.807) is 18.2 Å². The standard InChI is InChI=1S/C15H14Cl2N2O/c1-9-2-4-10(5-3-9)14(18)15(20)19-13-8-11(16)6-7-12(13)17/h2-8,14H,18H2,1H3,(H,19,20). The maximum Gasteiger partial charge on any atom is 0.245 e. The number of amides is 1. The molecule has 0 heterocycles. The molecule has 0 aliphatic carbocycles. The van der Waals surface area contributed by atoms with Gasteiger partial charge in [0, 0.05) is 5.02 Å². The van der Waals surface area contributed by atoms with Crippen molar-refractivity contribution < 1.29 is 4.79 Å². The van der Waals surface area contributed by atoms with Crippen LogP contribution in [0.3, 0.4) is 0 Å². The minimum atomic E-state index is -0.759.